The maximum absolute atomic E-state index is 14.0. The highest BCUT2D eigenvalue weighted by molar-refractivity contribution is 6.03. The van der Waals surface area contributed by atoms with E-state index in [-0.39, 0.29) is 23.8 Å². The summed E-state index contributed by atoms with van der Waals surface area (Å²) in [6.45, 7) is 1.14. The third-order valence-corrected chi connectivity index (χ3v) is 5.71. The van der Waals surface area contributed by atoms with E-state index in [4.69, 9.17) is 11.5 Å². The van der Waals surface area contributed by atoms with E-state index in [9.17, 15) is 18.8 Å². The Hall–Kier alpha value is -3.93. The molecule has 7 nitrogen and oxygen atoms in total. The summed E-state index contributed by atoms with van der Waals surface area (Å²) in [4.78, 5) is 13.8. The zero-order valence-corrected chi connectivity index (χ0v) is 17.3. The second kappa shape index (κ2) is 8.67. The van der Waals surface area contributed by atoms with E-state index in [1.54, 1.807) is 33.8 Å². The van der Waals surface area contributed by atoms with E-state index in [2.05, 4.69) is 11.3 Å². The van der Waals surface area contributed by atoms with Gasteiger partial charge in [0.05, 0.1) is 12.6 Å². The molecule has 0 aliphatic carbocycles. The lowest BCUT2D eigenvalue weighted by atomic mass is 10.0. The molecule has 4 rings (SSSR count). The number of aromatic nitrogens is 2. The number of amides is 1. The summed E-state index contributed by atoms with van der Waals surface area (Å²) in [5.74, 6) is -1.73. The fourth-order valence-corrected chi connectivity index (χ4v) is 4.08. The second-order valence-electron chi connectivity index (χ2n) is 7.87. The Morgan fingerprint density at radius 2 is 1.97 bits per heavy atom. The van der Waals surface area contributed by atoms with Gasteiger partial charge in [0.2, 0.25) is 0 Å². The summed E-state index contributed by atoms with van der Waals surface area (Å²) in [5, 5.41) is 13.8. The van der Waals surface area contributed by atoms with Crippen LogP contribution >= 0.6 is 0 Å². The van der Waals surface area contributed by atoms with Crippen LogP contribution in [0.4, 0.5) is 14.6 Å². The van der Waals surface area contributed by atoms with Crippen molar-refractivity contribution in [3.63, 3.8) is 0 Å². The highest BCUT2D eigenvalue weighted by Crippen LogP contribution is 2.32. The molecule has 32 heavy (non-hydrogen) atoms. The van der Waals surface area contributed by atoms with E-state index >= 15 is 0 Å². The fourth-order valence-electron chi connectivity index (χ4n) is 4.08. The van der Waals surface area contributed by atoms with E-state index in [0.29, 0.717) is 29.9 Å². The largest absolute Gasteiger partial charge is 0.383 e. The summed E-state index contributed by atoms with van der Waals surface area (Å²) in [5.41, 5.74) is 14.2. The Kier molecular flexibility index (Phi) is 5.77. The standard InChI is InChI=1S/C23H22F2N6O/c24-17-8-7-16(19(25)11-17)10-14-3-5-15(6-4-14)21-20(23(28)32)22(27)31(29-21)18-2-1-9-30(12-18)13-26/h3-8,11,18H,1-2,9-10,12,27H2,(H2,28,32)/t18-/m0/s1. The van der Waals surface area contributed by atoms with Gasteiger partial charge >= 0.3 is 0 Å². The van der Waals surface area contributed by atoms with Crippen molar-refractivity contribution in [3.8, 4) is 17.5 Å². The van der Waals surface area contributed by atoms with Crippen LogP contribution in [0.25, 0.3) is 11.3 Å². The van der Waals surface area contributed by atoms with Crippen LogP contribution in [0.5, 0.6) is 0 Å². The zero-order chi connectivity index (χ0) is 22.8. The van der Waals surface area contributed by atoms with Gasteiger partial charge in [-0.05, 0) is 30.0 Å². The van der Waals surface area contributed by atoms with Crippen molar-refractivity contribution in [2.75, 3.05) is 18.8 Å². The van der Waals surface area contributed by atoms with E-state index in [1.165, 1.54) is 12.1 Å². The predicted molar refractivity (Wildman–Crippen MR) is 115 cm³/mol. The van der Waals surface area contributed by atoms with E-state index < -0.39 is 17.5 Å². The summed E-state index contributed by atoms with van der Waals surface area (Å²) < 4.78 is 28.7. The molecule has 2 aromatic carbocycles. The third-order valence-electron chi connectivity index (χ3n) is 5.71. The molecule has 1 aromatic heterocycles. The number of piperidine rings is 1. The predicted octanol–water partition coefficient (Wildman–Crippen LogP) is 3.22. The van der Waals surface area contributed by atoms with E-state index in [1.807, 2.05) is 0 Å². The maximum atomic E-state index is 14.0. The summed E-state index contributed by atoms with van der Waals surface area (Å²) in [6.07, 6.45) is 4.03. The Bertz CT molecular complexity index is 1200. The maximum Gasteiger partial charge on any atom is 0.254 e. The minimum atomic E-state index is -0.686. The highest BCUT2D eigenvalue weighted by Gasteiger charge is 2.28. The molecule has 1 saturated heterocycles. The van der Waals surface area contributed by atoms with Gasteiger partial charge < -0.3 is 16.4 Å². The van der Waals surface area contributed by atoms with Crippen molar-refractivity contribution in [1.29, 1.82) is 5.26 Å². The number of rotatable bonds is 5. The molecule has 4 N–H and O–H groups in total. The van der Waals surface area contributed by atoms with Crippen LogP contribution in [0.2, 0.25) is 0 Å². The van der Waals surface area contributed by atoms with Crippen molar-refractivity contribution in [2.24, 2.45) is 5.73 Å². The first-order valence-corrected chi connectivity index (χ1v) is 10.2. The van der Waals surface area contributed by atoms with Crippen LogP contribution in [0.3, 0.4) is 0 Å². The van der Waals surface area contributed by atoms with Crippen molar-refractivity contribution in [1.82, 2.24) is 14.7 Å². The Morgan fingerprint density at radius 3 is 2.62 bits per heavy atom. The van der Waals surface area contributed by atoms with Gasteiger partial charge in [0.15, 0.2) is 6.19 Å². The van der Waals surface area contributed by atoms with Crippen LogP contribution in [0.1, 0.15) is 40.4 Å². The zero-order valence-electron chi connectivity index (χ0n) is 17.3. The van der Waals surface area contributed by atoms with Gasteiger partial charge in [0.1, 0.15) is 28.7 Å². The molecule has 0 bridgehead atoms. The number of hydrogen-bond acceptors (Lipinski definition) is 5. The minimum absolute atomic E-state index is 0.136. The van der Waals surface area contributed by atoms with Crippen molar-refractivity contribution in [2.45, 2.75) is 25.3 Å². The summed E-state index contributed by atoms with van der Waals surface area (Å²) in [7, 11) is 0. The summed E-state index contributed by atoms with van der Waals surface area (Å²) >= 11 is 0. The number of nitrogens with zero attached hydrogens (tertiary/aromatic N) is 4. The number of hydrogen-bond donors (Lipinski definition) is 2. The number of halogens is 2. The molecular formula is C23H22F2N6O. The van der Waals surface area contributed by atoms with Gasteiger partial charge in [-0.15, -0.1) is 0 Å². The lowest BCUT2D eigenvalue weighted by molar-refractivity contribution is 0.100. The minimum Gasteiger partial charge on any atom is -0.383 e. The Labute approximate surface area is 183 Å². The SMILES string of the molecule is N#CN1CCC[C@H](n2nc(-c3ccc(Cc4ccc(F)cc4F)cc3)c(C(N)=O)c2N)C1. The number of nitriles is 1. The van der Waals surface area contributed by atoms with Crippen LogP contribution in [-0.2, 0) is 6.42 Å². The molecule has 1 fully saturated rings. The molecule has 1 amide bonds. The number of nitrogen functional groups attached to an aromatic ring is 1. The molecule has 0 spiro atoms. The van der Waals surface area contributed by atoms with Crippen molar-refractivity contribution < 1.29 is 13.6 Å². The molecule has 2 heterocycles. The normalized spacial score (nSPS) is 16.0. The van der Waals surface area contributed by atoms with Crippen molar-refractivity contribution >= 4 is 11.7 Å². The smallest absolute Gasteiger partial charge is 0.254 e. The molecule has 0 saturated carbocycles. The molecule has 164 valence electrons. The lowest BCUT2D eigenvalue weighted by Crippen LogP contribution is -2.34. The average molecular weight is 436 g/mol. The quantitative estimate of drug-likeness (QED) is 0.596. The second-order valence-corrected chi connectivity index (χ2v) is 7.87. The topological polar surface area (TPSA) is 114 Å². The van der Waals surface area contributed by atoms with E-state index in [0.717, 1.165) is 24.5 Å². The average Bonchev–Trinajstić information content (AvgIpc) is 3.13. The molecule has 1 atom stereocenters. The van der Waals surface area contributed by atoms with Gasteiger partial charge in [-0.25, -0.2) is 13.5 Å². The molecule has 3 aromatic rings. The number of anilines is 1. The summed E-state index contributed by atoms with van der Waals surface area (Å²) in [6, 6.07) is 10.5. The van der Waals surface area contributed by atoms with Crippen LogP contribution in [0.15, 0.2) is 42.5 Å². The fraction of sp³-hybridized carbons (Fsp3) is 0.261. The number of primary amides is 1. The highest BCUT2D eigenvalue weighted by atomic mass is 19.1. The third kappa shape index (κ3) is 4.12. The van der Waals surface area contributed by atoms with Crippen LogP contribution in [0, 0.1) is 23.1 Å². The van der Waals surface area contributed by atoms with Gasteiger partial charge in [0, 0.05) is 24.6 Å². The molecule has 0 radical (unpaired) electrons. The monoisotopic (exact) mass is 436 g/mol. The molecular weight excluding hydrogens is 414 g/mol. The Balaban J connectivity index is 1.64. The lowest BCUT2D eigenvalue weighted by Gasteiger charge is -2.29. The van der Waals surface area contributed by atoms with Crippen LogP contribution in [-0.4, -0.2) is 33.7 Å². The molecule has 1 aliphatic heterocycles. The van der Waals surface area contributed by atoms with Gasteiger partial charge in [-0.1, -0.05) is 30.3 Å². The Morgan fingerprint density at radius 1 is 1.22 bits per heavy atom. The number of carbonyl (C=O) groups is 1. The first-order chi connectivity index (χ1) is 15.4. The first kappa shape index (κ1) is 21.3. The molecule has 9 heteroatoms. The van der Waals surface area contributed by atoms with Crippen molar-refractivity contribution in [3.05, 3.63) is 70.8 Å². The molecule has 0 unspecified atom stereocenters. The van der Waals surface area contributed by atoms with Gasteiger partial charge in [-0.2, -0.15) is 10.4 Å². The van der Waals surface area contributed by atoms with Crippen LogP contribution < -0.4 is 11.5 Å². The number of benzene rings is 2. The number of likely N-dealkylation sites (tertiary alicyclic amines) is 1. The number of nitrogens with two attached hydrogens (primary N) is 2. The molecule has 1 aliphatic rings. The first-order valence-electron chi connectivity index (χ1n) is 10.2. The van der Waals surface area contributed by atoms with Gasteiger partial charge in [-0.3, -0.25) is 4.79 Å². The number of carbonyl (C=O) groups excluding carboxylic acids is 1. The van der Waals surface area contributed by atoms with Gasteiger partial charge in [0.25, 0.3) is 5.91 Å².